The van der Waals surface area contributed by atoms with Crippen molar-refractivity contribution in [2.24, 2.45) is 5.73 Å². The van der Waals surface area contributed by atoms with Crippen LogP contribution in [0.25, 0.3) is 0 Å². The Morgan fingerprint density at radius 1 is 1.23 bits per heavy atom. The highest BCUT2D eigenvalue weighted by Crippen LogP contribution is 2.22. The molecule has 0 bridgehead atoms. The molecule has 4 nitrogen and oxygen atoms in total. The maximum atomic E-state index is 12.1. The SMILES string of the molecule is CCOc1ccc(SCC(=O)NC(CC)(CC)CN)cc1.Cl. The van der Waals surface area contributed by atoms with Crippen molar-refractivity contribution in [1.82, 2.24) is 5.32 Å². The van der Waals surface area contributed by atoms with Crippen molar-refractivity contribution >= 4 is 30.1 Å². The van der Waals surface area contributed by atoms with E-state index < -0.39 is 0 Å². The second-order valence-electron chi connectivity index (χ2n) is 4.93. The minimum atomic E-state index is -0.267. The van der Waals surface area contributed by atoms with Gasteiger partial charge in [0.2, 0.25) is 5.91 Å². The number of nitrogens with two attached hydrogens (primary N) is 1. The fraction of sp³-hybridized carbons (Fsp3) is 0.562. The molecule has 0 aliphatic heterocycles. The maximum absolute atomic E-state index is 12.1. The van der Waals surface area contributed by atoms with Gasteiger partial charge < -0.3 is 15.8 Å². The quantitative estimate of drug-likeness (QED) is 0.674. The Labute approximate surface area is 144 Å². The highest BCUT2D eigenvalue weighted by molar-refractivity contribution is 8.00. The van der Waals surface area contributed by atoms with Gasteiger partial charge in [0.05, 0.1) is 17.9 Å². The van der Waals surface area contributed by atoms with Crippen molar-refractivity contribution < 1.29 is 9.53 Å². The number of rotatable bonds is 9. The van der Waals surface area contributed by atoms with Gasteiger partial charge in [0.25, 0.3) is 0 Å². The van der Waals surface area contributed by atoms with Gasteiger partial charge in [-0.2, -0.15) is 0 Å². The minimum Gasteiger partial charge on any atom is -0.494 e. The smallest absolute Gasteiger partial charge is 0.230 e. The zero-order chi connectivity index (χ0) is 15.7. The summed E-state index contributed by atoms with van der Waals surface area (Å²) in [6, 6.07) is 7.79. The molecule has 126 valence electrons. The first-order valence-corrected chi connectivity index (χ1v) is 8.44. The number of hydrogen-bond acceptors (Lipinski definition) is 4. The predicted octanol–water partition coefficient (Wildman–Crippen LogP) is 3.23. The van der Waals surface area contributed by atoms with Crippen LogP contribution in [0.1, 0.15) is 33.6 Å². The van der Waals surface area contributed by atoms with Crippen molar-refractivity contribution in [1.29, 1.82) is 0 Å². The van der Waals surface area contributed by atoms with E-state index in [0.717, 1.165) is 23.5 Å². The van der Waals surface area contributed by atoms with Crippen molar-refractivity contribution in [3.8, 4) is 5.75 Å². The molecule has 0 aromatic heterocycles. The first-order valence-electron chi connectivity index (χ1n) is 7.45. The Morgan fingerprint density at radius 3 is 2.27 bits per heavy atom. The van der Waals surface area contributed by atoms with Crippen LogP contribution in [0.3, 0.4) is 0 Å². The summed E-state index contributed by atoms with van der Waals surface area (Å²) in [7, 11) is 0. The third-order valence-electron chi connectivity index (χ3n) is 3.65. The zero-order valence-electron chi connectivity index (χ0n) is 13.6. The Bertz CT molecular complexity index is 428. The summed E-state index contributed by atoms with van der Waals surface area (Å²) in [4.78, 5) is 13.1. The summed E-state index contributed by atoms with van der Waals surface area (Å²) in [6.07, 6.45) is 1.69. The van der Waals surface area contributed by atoms with Gasteiger partial charge in [0, 0.05) is 11.4 Å². The molecule has 0 unspecified atom stereocenters. The van der Waals surface area contributed by atoms with E-state index in [2.05, 4.69) is 19.2 Å². The van der Waals surface area contributed by atoms with E-state index >= 15 is 0 Å². The molecule has 0 radical (unpaired) electrons. The number of amides is 1. The maximum Gasteiger partial charge on any atom is 0.230 e. The molecule has 0 fully saturated rings. The molecule has 0 aliphatic carbocycles. The molecule has 22 heavy (non-hydrogen) atoms. The average Bonchev–Trinajstić information content (AvgIpc) is 2.52. The van der Waals surface area contributed by atoms with Crippen LogP contribution in [0.4, 0.5) is 0 Å². The molecule has 1 aromatic carbocycles. The second-order valence-corrected chi connectivity index (χ2v) is 5.98. The summed E-state index contributed by atoms with van der Waals surface area (Å²) in [5, 5.41) is 3.07. The zero-order valence-corrected chi connectivity index (χ0v) is 15.2. The van der Waals surface area contributed by atoms with E-state index in [9.17, 15) is 4.79 Å². The van der Waals surface area contributed by atoms with Crippen LogP contribution in [0.2, 0.25) is 0 Å². The van der Waals surface area contributed by atoms with Gasteiger partial charge in [0.1, 0.15) is 5.75 Å². The number of benzene rings is 1. The Kier molecular flexibility index (Phi) is 10.3. The first-order chi connectivity index (χ1) is 10.1. The molecule has 1 aromatic rings. The Morgan fingerprint density at radius 2 is 1.82 bits per heavy atom. The van der Waals surface area contributed by atoms with E-state index in [1.54, 1.807) is 0 Å². The third kappa shape index (κ3) is 6.46. The number of ether oxygens (including phenoxy) is 1. The van der Waals surface area contributed by atoms with Crippen LogP contribution in [0.5, 0.6) is 5.75 Å². The van der Waals surface area contributed by atoms with E-state index in [1.165, 1.54) is 11.8 Å². The largest absolute Gasteiger partial charge is 0.494 e. The van der Waals surface area contributed by atoms with E-state index in [4.69, 9.17) is 10.5 Å². The summed E-state index contributed by atoms with van der Waals surface area (Å²) < 4.78 is 5.39. The summed E-state index contributed by atoms with van der Waals surface area (Å²) in [5.74, 6) is 1.28. The number of thioether (sulfide) groups is 1. The lowest BCUT2D eigenvalue weighted by atomic mass is 9.93. The van der Waals surface area contributed by atoms with Gasteiger partial charge >= 0.3 is 0 Å². The molecule has 0 spiro atoms. The molecule has 6 heteroatoms. The van der Waals surface area contributed by atoms with Crippen LogP contribution in [0, 0.1) is 0 Å². The van der Waals surface area contributed by atoms with Gasteiger partial charge in [-0.25, -0.2) is 0 Å². The molecular weight excluding hydrogens is 320 g/mol. The highest BCUT2D eigenvalue weighted by Gasteiger charge is 2.25. The molecule has 3 N–H and O–H groups in total. The highest BCUT2D eigenvalue weighted by atomic mass is 35.5. The molecular formula is C16H27ClN2O2S. The molecule has 0 saturated carbocycles. The topological polar surface area (TPSA) is 64.3 Å². The van der Waals surface area contributed by atoms with E-state index in [-0.39, 0.29) is 23.9 Å². The lowest BCUT2D eigenvalue weighted by Crippen LogP contribution is -2.53. The van der Waals surface area contributed by atoms with Crippen LogP contribution in [0.15, 0.2) is 29.2 Å². The van der Waals surface area contributed by atoms with Gasteiger partial charge in [-0.05, 0) is 44.0 Å². The Hall–Kier alpha value is -0.910. The van der Waals surface area contributed by atoms with Crippen molar-refractivity contribution in [2.45, 2.75) is 44.0 Å². The molecule has 0 heterocycles. The van der Waals surface area contributed by atoms with Crippen LogP contribution in [-0.4, -0.2) is 30.4 Å². The molecule has 0 aliphatic rings. The normalized spacial score (nSPS) is 10.7. The average molecular weight is 347 g/mol. The van der Waals surface area contributed by atoms with Gasteiger partial charge in [-0.15, -0.1) is 24.2 Å². The van der Waals surface area contributed by atoms with Gasteiger partial charge in [0.15, 0.2) is 0 Å². The fourth-order valence-corrected chi connectivity index (χ4v) is 2.74. The second kappa shape index (κ2) is 10.8. The fourth-order valence-electron chi connectivity index (χ4n) is 2.05. The monoisotopic (exact) mass is 346 g/mol. The molecule has 0 saturated heterocycles. The van der Waals surface area contributed by atoms with Gasteiger partial charge in [-0.1, -0.05) is 13.8 Å². The van der Waals surface area contributed by atoms with Gasteiger partial charge in [-0.3, -0.25) is 4.79 Å². The predicted molar refractivity (Wildman–Crippen MR) is 96.1 cm³/mol. The van der Waals surface area contributed by atoms with Crippen molar-refractivity contribution in [2.75, 3.05) is 18.9 Å². The third-order valence-corrected chi connectivity index (χ3v) is 4.67. The van der Waals surface area contributed by atoms with Crippen LogP contribution in [-0.2, 0) is 4.79 Å². The lowest BCUT2D eigenvalue weighted by molar-refractivity contribution is -0.120. The number of hydrogen-bond donors (Lipinski definition) is 2. The first kappa shape index (κ1) is 21.1. The van der Waals surface area contributed by atoms with E-state index in [0.29, 0.717) is 18.9 Å². The molecule has 1 amide bonds. The number of carbonyl (C=O) groups excluding carboxylic acids is 1. The molecule has 1 rings (SSSR count). The van der Waals surface area contributed by atoms with E-state index in [1.807, 2.05) is 31.2 Å². The minimum absolute atomic E-state index is 0. The lowest BCUT2D eigenvalue weighted by Gasteiger charge is -2.31. The van der Waals surface area contributed by atoms with Crippen molar-refractivity contribution in [3.05, 3.63) is 24.3 Å². The standard InChI is InChI=1S/C16H26N2O2S.ClH/c1-4-16(5-2,12-17)18-15(19)11-21-14-9-7-13(8-10-14)20-6-3;/h7-10H,4-6,11-12,17H2,1-3H3,(H,18,19);1H. The summed E-state index contributed by atoms with van der Waals surface area (Å²) >= 11 is 1.52. The van der Waals surface area contributed by atoms with Crippen LogP contribution >= 0.6 is 24.2 Å². The number of carbonyl (C=O) groups is 1. The Balaban J connectivity index is 0.00000441. The molecule has 0 atom stereocenters. The number of nitrogens with one attached hydrogen (secondary N) is 1. The van der Waals surface area contributed by atoms with Crippen LogP contribution < -0.4 is 15.8 Å². The summed E-state index contributed by atoms with van der Waals surface area (Å²) in [5.41, 5.74) is 5.53. The van der Waals surface area contributed by atoms with Crippen molar-refractivity contribution in [3.63, 3.8) is 0 Å². The summed E-state index contributed by atoms with van der Waals surface area (Å²) in [6.45, 7) is 7.19. The number of halogens is 1.